The van der Waals surface area contributed by atoms with Crippen LogP contribution in [0.5, 0.6) is 0 Å². The Hall–Kier alpha value is -1.62. The highest BCUT2D eigenvalue weighted by Gasteiger charge is 2.17. The number of aromatic nitrogens is 2. The number of nitrogen functional groups attached to an aromatic ring is 1. The molecule has 0 aliphatic rings. The van der Waals surface area contributed by atoms with E-state index in [1.807, 2.05) is 18.3 Å². The van der Waals surface area contributed by atoms with E-state index in [0.717, 1.165) is 22.5 Å². The molecule has 0 radical (unpaired) electrons. The molecule has 0 saturated carbocycles. The highest BCUT2D eigenvalue weighted by molar-refractivity contribution is 7.11. The third-order valence-electron chi connectivity index (χ3n) is 3.52. The Morgan fingerprint density at radius 2 is 2.21 bits per heavy atom. The van der Waals surface area contributed by atoms with E-state index < -0.39 is 0 Å². The number of anilines is 2. The van der Waals surface area contributed by atoms with Crippen LogP contribution in [0.15, 0.2) is 24.5 Å². The Balaban J connectivity index is 2.28. The molecule has 0 spiro atoms. The van der Waals surface area contributed by atoms with Crippen molar-refractivity contribution in [1.82, 2.24) is 9.36 Å². The Labute approximate surface area is 118 Å². The summed E-state index contributed by atoms with van der Waals surface area (Å²) in [5.41, 5.74) is 7.96. The highest BCUT2D eigenvalue weighted by atomic mass is 32.1. The van der Waals surface area contributed by atoms with Crippen molar-refractivity contribution in [2.75, 3.05) is 11.1 Å². The smallest absolute Gasteiger partial charge is 0.147 e. The monoisotopic (exact) mass is 276 g/mol. The van der Waals surface area contributed by atoms with Crippen LogP contribution in [0, 0.1) is 5.92 Å². The van der Waals surface area contributed by atoms with E-state index in [1.165, 1.54) is 11.5 Å². The number of nitrogens with two attached hydrogens (primary N) is 1. The minimum Gasteiger partial charge on any atom is -0.382 e. The van der Waals surface area contributed by atoms with Gasteiger partial charge >= 0.3 is 0 Å². The number of nitrogens with one attached hydrogen (secondary N) is 1. The van der Waals surface area contributed by atoms with Crippen LogP contribution in [0.2, 0.25) is 0 Å². The number of hydrogen-bond acceptors (Lipinski definition) is 5. The average Bonchev–Trinajstić information content (AvgIpc) is 2.79. The minimum atomic E-state index is 0.389. The molecule has 2 aromatic heterocycles. The maximum Gasteiger partial charge on any atom is 0.147 e. The van der Waals surface area contributed by atoms with E-state index in [1.54, 1.807) is 6.20 Å². The van der Waals surface area contributed by atoms with E-state index in [0.29, 0.717) is 17.8 Å². The Morgan fingerprint density at radius 3 is 2.84 bits per heavy atom. The Morgan fingerprint density at radius 1 is 1.42 bits per heavy atom. The van der Waals surface area contributed by atoms with Gasteiger partial charge in [-0.1, -0.05) is 26.3 Å². The molecule has 0 aliphatic carbocycles. The first-order valence-corrected chi connectivity index (χ1v) is 7.32. The van der Waals surface area contributed by atoms with Gasteiger partial charge in [0.15, 0.2) is 0 Å². The van der Waals surface area contributed by atoms with E-state index >= 15 is 0 Å². The van der Waals surface area contributed by atoms with Crippen LogP contribution in [0.25, 0.3) is 11.1 Å². The molecule has 2 unspecified atom stereocenters. The van der Waals surface area contributed by atoms with Gasteiger partial charge in [-0.3, -0.25) is 4.98 Å². The van der Waals surface area contributed by atoms with E-state index in [2.05, 4.69) is 35.4 Å². The van der Waals surface area contributed by atoms with Crippen LogP contribution in [-0.2, 0) is 0 Å². The molecule has 0 saturated heterocycles. The molecule has 0 amide bonds. The van der Waals surface area contributed by atoms with Gasteiger partial charge in [-0.05, 0) is 30.4 Å². The van der Waals surface area contributed by atoms with Gasteiger partial charge in [0.2, 0.25) is 0 Å². The summed E-state index contributed by atoms with van der Waals surface area (Å²) >= 11 is 1.41. The molecule has 0 fully saturated rings. The summed E-state index contributed by atoms with van der Waals surface area (Å²) in [6.07, 6.45) is 4.72. The zero-order chi connectivity index (χ0) is 13.8. The summed E-state index contributed by atoms with van der Waals surface area (Å²) in [5.74, 6) is 1.17. The molecule has 0 aromatic carbocycles. The third kappa shape index (κ3) is 3.04. The lowest BCUT2D eigenvalue weighted by Gasteiger charge is -2.20. The van der Waals surface area contributed by atoms with Crippen molar-refractivity contribution < 1.29 is 0 Å². The van der Waals surface area contributed by atoms with Crippen molar-refractivity contribution >= 4 is 22.4 Å². The summed E-state index contributed by atoms with van der Waals surface area (Å²) in [5, 5.41) is 4.55. The maximum absolute atomic E-state index is 5.99. The fourth-order valence-corrected chi connectivity index (χ4v) is 2.73. The van der Waals surface area contributed by atoms with Gasteiger partial charge in [0.25, 0.3) is 0 Å². The van der Waals surface area contributed by atoms with Crippen molar-refractivity contribution in [3.8, 4) is 11.1 Å². The second-order valence-electron chi connectivity index (χ2n) is 4.83. The first kappa shape index (κ1) is 13.8. The predicted octanol–water partition coefficient (Wildman–Crippen LogP) is 3.63. The fraction of sp³-hybridized carbons (Fsp3) is 0.429. The average molecular weight is 276 g/mol. The summed E-state index contributed by atoms with van der Waals surface area (Å²) < 4.78 is 4.26. The van der Waals surface area contributed by atoms with Crippen LogP contribution >= 0.6 is 11.5 Å². The number of nitrogens with zero attached hydrogens (tertiary/aromatic N) is 2. The van der Waals surface area contributed by atoms with Crippen LogP contribution in [-0.4, -0.2) is 15.4 Å². The normalized spacial score (nSPS) is 14.1. The van der Waals surface area contributed by atoms with Crippen molar-refractivity contribution in [1.29, 1.82) is 0 Å². The first-order chi connectivity index (χ1) is 9.13. The van der Waals surface area contributed by atoms with Gasteiger partial charge in [0.1, 0.15) is 10.8 Å². The lowest BCUT2D eigenvalue weighted by Crippen LogP contribution is -2.22. The zero-order valence-electron chi connectivity index (χ0n) is 11.6. The second-order valence-corrected chi connectivity index (χ2v) is 5.61. The first-order valence-electron chi connectivity index (χ1n) is 6.55. The Bertz CT molecular complexity index is 523. The van der Waals surface area contributed by atoms with Gasteiger partial charge in [-0.25, -0.2) is 0 Å². The second kappa shape index (κ2) is 6.02. The zero-order valence-corrected chi connectivity index (χ0v) is 12.4. The van der Waals surface area contributed by atoms with Gasteiger partial charge < -0.3 is 11.1 Å². The molecule has 2 atom stereocenters. The van der Waals surface area contributed by atoms with Gasteiger partial charge in [0, 0.05) is 24.0 Å². The molecular formula is C14H20N4S. The van der Waals surface area contributed by atoms with Crippen LogP contribution in [0.1, 0.15) is 27.2 Å². The van der Waals surface area contributed by atoms with E-state index in [-0.39, 0.29) is 0 Å². The van der Waals surface area contributed by atoms with E-state index in [4.69, 9.17) is 5.73 Å². The van der Waals surface area contributed by atoms with Crippen molar-refractivity contribution in [3.05, 3.63) is 24.5 Å². The highest BCUT2D eigenvalue weighted by Crippen LogP contribution is 2.37. The van der Waals surface area contributed by atoms with Gasteiger partial charge in [-0.2, -0.15) is 4.37 Å². The minimum absolute atomic E-state index is 0.389. The SMILES string of the molecule is CCC(C)C(C)Nc1snc(N)c1-c1cccnc1. The maximum atomic E-state index is 5.99. The topological polar surface area (TPSA) is 63.8 Å². The van der Waals surface area contributed by atoms with Crippen molar-refractivity contribution in [3.63, 3.8) is 0 Å². The van der Waals surface area contributed by atoms with Crippen LogP contribution < -0.4 is 11.1 Å². The van der Waals surface area contributed by atoms with Crippen molar-refractivity contribution in [2.45, 2.75) is 33.2 Å². The fourth-order valence-electron chi connectivity index (χ4n) is 1.89. The molecular weight excluding hydrogens is 256 g/mol. The molecule has 0 bridgehead atoms. The molecule has 2 aromatic rings. The molecule has 102 valence electrons. The molecule has 2 heterocycles. The number of hydrogen-bond donors (Lipinski definition) is 2. The summed E-state index contributed by atoms with van der Waals surface area (Å²) in [4.78, 5) is 4.15. The molecule has 2 rings (SSSR count). The quantitative estimate of drug-likeness (QED) is 0.875. The van der Waals surface area contributed by atoms with Gasteiger partial charge in [0.05, 0.1) is 5.56 Å². The molecule has 3 N–H and O–H groups in total. The lowest BCUT2D eigenvalue weighted by atomic mass is 10.0. The standard InChI is InChI=1S/C14H20N4S/c1-4-9(2)10(3)17-14-12(13(15)18-19-14)11-6-5-7-16-8-11/h5-10,17H,4H2,1-3H3,(H2,15,18). The van der Waals surface area contributed by atoms with Crippen LogP contribution in [0.4, 0.5) is 10.8 Å². The molecule has 5 heteroatoms. The van der Waals surface area contributed by atoms with Crippen LogP contribution in [0.3, 0.4) is 0 Å². The predicted molar refractivity (Wildman–Crippen MR) is 82.3 cm³/mol. The molecule has 4 nitrogen and oxygen atoms in total. The summed E-state index contributed by atoms with van der Waals surface area (Å²) in [7, 11) is 0. The molecule has 0 aliphatic heterocycles. The summed E-state index contributed by atoms with van der Waals surface area (Å²) in [6, 6.07) is 4.31. The number of rotatable bonds is 5. The van der Waals surface area contributed by atoms with E-state index in [9.17, 15) is 0 Å². The number of pyridine rings is 1. The largest absolute Gasteiger partial charge is 0.382 e. The Kier molecular flexibility index (Phi) is 4.37. The summed E-state index contributed by atoms with van der Waals surface area (Å²) in [6.45, 7) is 6.63. The third-order valence-corrected chi connectivity index (χ3v) is 4.32. The lowest BCUT2D eigenvalue weighted by molar-refractivity contribution is 0.495. The van der Waals surface area contributed by atoms with Gasteiger partial charge in [-0.15, -0.1) is 0 Å². The van der Waals surface area contributed by atoms with Crippen molar-refractivity contribution in [2.24, 2.45) is 5.92 Å². The molecule has 19 heavy (non-hydrogen) atoms.